The van der Waals surface area contributed by atoms with Crippen LogP contribution in [-0.2, 0) is 11.2 Å². The van der Waals surface area contributed by atoms with Gasteiger partial charge >= 0.3 is 6.01 Å². The second kappa shape index (κ2) is 11.8. The topological polar surface area (TPSA) is 75.4 Å². The highest BCUT2D eigenvalue weighted by atomic mass is 35.5. The summed E-state index contributed by atoms with van der Waals surface area (Å²) in [7, 11) is 0. The Morgan fingerprint density at radius 3 is 2.92 bits per heavy atom. The molecule has 5 fully saturated rings. The fourth-order valence-electron chi connectivity index (χ4n) is 9.09. The third-order valence-electron chi connectivity index (χ3n) is 11.7. The van der Waals surface area contributed by atoms with Gasteiger partial charge in [-0.3, -0.25) is 9.69 Å². The van der Waals surface area contributed by atoms with Crippen LogP contribution in [0, 0.1) is 12.5 Å². The average molecular weight is 683 g/mol. The lowest BCUT2D eigenvalue weighted by molar-refractivity contribution is -0.128. The molecule has 254 valence electrons. The van der Waals surface area contributed by atoms with E-state index in [0.29, 0.717) is 73.1 Å². The molecule has 0 N–H and O–H groups in total. The number of ether oxygens (including phenoxy) is 2. The monoisotopic (exact) mass is 682 g/mol. The summed E-state index contributed by atoms with van der Waals surface area (Å²) in [5.41, 5.74) is 5.00. The van der Waals surface area contributed by atoms with Crippen molar-refractivity contribution in [3.8, 4) is 22.9 Å². The van der Waals surface area contributed by atoms with Crippen molar-refractivity contribution < 1.29 is 18.7 Å². The number of piperazine rings is 1. The van der Waals surface area contributed by atoms with Crippen molar-refractivity contribution in [3.63, 3.8) is 0 Å². The molecule has 2 saturated carbocycles. The number of anilines is 1. The Bertz CT molecular complexity index is 1910. The Balaban J connectivity index is 1.18. The average Bonchev–Trinajstić information content (AvgIpc) is 3.98. The summed E-state index contributed by atoms with van der Waals surface area (Å²) in [5, 5.41) is 1.32. The summed E-state index contributed by atoms with van der Waals surface area (Å²) in [4.78, 5) is 32.5. The standard InChI is InChI=1S/C38H40ClFN6O3/c1-3-32(47)46-13-12-44(20-24(46)18-41-2)36-30-16-31(39)33(27-7-4-6-26-28-14-22(28)15-29(26)27)35(49-25-8-9-25)34(30)42-37(43-36)48-21-38-10-5-11-45(38)19-23(40)17-38/h3-4,6-7,16,22-25,28H,1,5,8-15,17-21H2/t22-,23+,24-,28-,38-/m0/s1. The first-order chi connectivity index (χ1) is 23.9. The number of aromatic nitrogens is 2. The highest BCUT2D eigenvalue weighted by Crippen LogP contribution is 2.59. The van der Waals surface area contributed by atoms with Crippen LogP contribution >= 0.6 is 11.6 Å². The van der Waals surface area contributed by atoms with Crippen LogP contribution in [0.5, 0.6) is 11.8 Å². The van der Waals surface area contributed by atoms with Gasteiger partial charge in [-0.2, -0.15) is 9.97 Å². The smallest absolute Gasteiger partial charge is 0.319 e. The molecule has 9 nitrogen and oxygen atoms in total. The molecule has 9 rings (SSSR count). The van der Waals surface area contributed by atoms with E-state index < -0.39 is 6.17 Å². The van der Waals surface area contributed by atoms with Crippen molar-refractivity contribution in [2.75, 3.05) is 50.8 Å². The Labute approximate surface area is 290 Å². The van der Waals surface area contributed by atoms with Gasteiger partial charge in [0.2, 0.25) is 12.5 Å². The van der Waals surface area contributed by atoms with Crippen LogP contribution in [0.1, 0.15) is 55.6 Å². The molecule has 1 aromatic heterocycles. The minimum Gasteiger partial charge on any atom is -0.487 e. The molecule has 3 aliphatic heterocycles. The van der Waals surface area contributed by atoms with E-state index in [4.69, 9.17) is 37.6 Å². The normalized spacial score (nSPS) is 28.6. The number of fused-ring (bicyclic) bond motifs is 5. The molecule has 0 bridgehead atoms. The molecule has 0 unspecified atom stereocenters. The predicted molar refractivity (Wildman–Crippen MR) is 186 cm³/mol. The summed E-state index contributed by atoms with van der Waals surface area (Å²) in [6, 6.07) is 8.37. The van der Waals surface area contributed by atoms with E-state index in [1.54, 1.807) is 4.90 Å². The molecule has 4 heterocycles. The van der Waals surface area contributed by atoms with Crippen molar-refractivity contribution in [2.45, 2.75) is 74.7 Å². The van der Waals surface area contributed by atoms with Gasteiger partial charge in [-0.05, 0) is 85.7 Å². The second-order valence-electron chi connectivity index (χ2n) is 14.8. The fraction of sp³-hybridized carbons (Fsp3) is 0.526. The molecule has 0 radical (unpaired) electrons. The van der Waals surface area contributed by atoms with Crippen molar-refractivity contribution in [1.82, 2.24) is 19.8 Å². The van der Waals surface area contributed by atoms with Gasteiger partial charge in [0.25, 0.3) is 0 Å². The zero-order valence-corrected chi connectivity index (χ0v) is 28.3. The van der Waals surface area contributed by atoms with Crippen molar-refractivity contribution in [3.05, 3.63) is 64.5 Å². The second-order valence-corrected chi connectivity index (χ2v) is 15.2. The molecule has 6 aliphatic rings. The molecular formula is C38H40ClFN6O3. The van der Waals surface area contributed by atoms with Gasteiger partial charge in [0.1, 0.15) is 30.2 Å². The summed E-state index contributed by atoms with van der Waals surface area (Å²) >= 11 is 7.30. The van der Waals surface area contributed by atoms with Crippen molar-refractivity contribution in [1.29, 1.82) is 0 Å². The quantitative estimate of drug-likeness (QED) is 0.196. The van der Waals surface area contributed by atoms with Crippen LogP contribution in [0.3, 0.4) is 0 Å². The Morgan fingerprint density at radius 1 is 1.22 bits per heavy atom. The number of hydrogen-bond acceptors (Lipinski definition) is 7. The first-order valence-corrected chi connectivity index (χ1v) is 18.1. The zero-order valence-electron chi connectivity index (χ0n) is 27.5. The molecule has 11 heteroatoms. The summed E-state index contributed by atoms with van der Waals surface area (Å²) in [6.45, 7) is 14.4. The lowest BCUT2D eigenvalue weighted by Gasteiger charge is -2.39. The summed E-state index contributed by atoms with van der Waals surface area (Å²) < 4.78 is 27.9. The van der Waals surface area contributed by atoms with Gasteiger partial charge in [-0.1, -0.05) is 36.4 Å². The number of hydrogen-bond donors (Lipinski definition) is 0. The highest BCUT2D eigenvalue weighted by molar-refractivity contribution is 6.35. The zero-order chi connectivity index (χ0) is 33.4. The third-order valence-corrected chi connectivity index (χ3v) is 12.0. The van der Waals surface area contributed by atoms with Gasteiger partial charge in [-0.15, -0.1) is 0 Å². The Hall–Kier alpha value is -3.94. The largest absolute Gasteiger partial charge is 0.487 e. The molecular weight excluding hydrogens is 643 g/mol. The maximum atomic E-state index is 14.7. The van der Waals surface area contributed by atoms with Gasteiger partial charge in [0, 0.05) is 43.5 Å². The van der Waals surface area contributed by atoms with E-state index in [1.807, 2.05) is 6.07 Å². The maximum absolute atomic E-state index is 14.7. The fourth-order valence-corrected chi connectivity index (χ4v) is 9.38. The highest BCUT2D eigenvalue weighted by Gasteiger charge is 2.50. The van der Waals surface area contributed by atoms with Crippen LogP contribution in [0.15, 0.2) is 36.9 Å². The number of halogens is 2. The van der Waals surface area contributed by atoms with Crippen molar-refractivity contribution >= 4 is 34.2 Å². The lowest BCUT2D eigenvalue weighted by Crippen LogP contribution is -2.56. The number of carbonyl (C=O) groups excluding carboxylic acids is 1. The van der Waals surface area contributed by atoms with E-state index in [-0.39, 0.29) is 36.1 Å². The number of alkyl halides is 1. The molecule has 3 saturated heterocycles. The number of rotatable bonds is 9. The molecule has 3 aliphatic carbocycles. The van der Waals surface area contributed by atoms with Gasteiger partial charge in [0.05, 0.1) is 16.7 Å². The number of benzene rings is 2. The number of carbonyl (C=O) groups is 1. The number of nitrogens with zero attached hydrogens (tertiary/aromatic N) is 6. The molecule has 49 heavy (non-hydrogen) atoms. The minimum absolute atomic E-state index is 0.0794. The predicted octanol–water partition coefficient (Wildman–Crippen LogP) is 6.23. The van der Waals surface area contributed by atoms with Crippen LogP contribution in [0.4, 0.5) is 10.2 Å². The van der Waals surface area contributed by atoms with Crippen LogP contribution in [-0.4, -0.2) is 95.4 Å². The van der Waals surface area contributed by atoms with E-state index in [1.165, 1.54) is 23.6 Å². The van der Waals surface area contributed by atoms with Gasteiger partial charge in [0.15, 0.2) is 5.75 Å². The maximum Gasteiger partial charge on any atom is 0.319 e. The summed E-state index contributed by atoms with van der Waals surface area (Å²) in [5.74, 6) is 2.44. The van der Waals surface area contributed by atoms with Crippen molar-refractivity contribution in [2.24, 2.45) is 5.92 Å². The van der Waals surface area contributed by atoms with Crippen LogP contribution in [0.25, 0.3) is 26.9 Å². The first kappa shape index (κ1) is 31.1. The van der Waals surface area contributed by atoms with Crippen LogP contribution < -0.4 is 14.4 Å². The lowest BCUT2D eigenvalue weighted by atomic mass is 9.93. The van der Waals surface area contributed by atoms with E-state index in [2.05, 4.69) is 39.4 Å². The molecule has 0 spiro atoms. The van der Waals surface area contributed by atoms with Gasteiger partial charge in [-0.25, -0.2) is 11.0 Å². The number of amides is 1. The minimum atomic E-state index is -0.868. The Morgan fingerprint density at radius 2 is 2.10 bits per heavy atom. The molecule has 3 aromatic rings. The first-order valence-electron chi connectivity index (χ1n) is 17.7. The molecule has 1 amide bonds. The SMILES string of the molecule is [C-]#[N+]C[C@H]1CN(c2nc(OC[C@@]34CCCN3C[C@H](F)C4)nc3c(OC4CC4)c(-c4cccc5c4C[C@@H]4C[C@H]54)c(Cl)cc23)CCN1C(=O)C=C. The van der Waals surface area contributed by atoms with E-state index in [0.717, 1.165) is 55.2 Å². The van der Waals surface area contributed by atoms with Gasteiger partial charge < -0.3 is 24.1 Å². The third kappa shape index (κ3) is 5.32. The summed E-state index contributed by atoms with van der Waals surface area (Å²) in [6.07, 6.45) is 7.09. The van der Waals surface area contributed by atoms with E-state index in [9.17, 15) is 9.18 Å². The Kier molecular flexibility index (Phi) is 7.51. The van der Waals surface area contributed by atoms with Crippen LogP contribution in [0.2, 0.25) is 5.02 Å². The molecule has 2 aromatic carbocycles. The van der Waals surface area contributed by atoms with E-state index >= 15 is 0 Å². The molecule has 5 atom stereocenters.